The molecule has 0 aliphatic carbocycles. The molecule has 1 fully saturated rings. The van der Waals surface area contributed by atoms with Crippen LogP contribution in [0.4, 0.5) is 0 Å². The molecule has 1 aromatic rings. The molecule has 2 aliphatic heterocycles. The molecule has 2 heterocycles. The van der Waals surface area contributed by atoms with Crippen LogP contribution < -0.4 is 0 Å². The van der Waals surface area contributed by atoms with Crippen LogP contribution in [-0.4, -0.2) is 53.5 Å². The summed E-state index contributed by atoms with van der Waals surface area (Å²) < 4.78 is 0. The lowest BCUT2D eigenvalue weighted by Gasteiger charge is -2.31. The number of nitrogens with zero attached hydrogens (tertiary/aromatic N) is 2. The number of hydrogen-bond acceptors (Lipinski definition) is 3. The van der Waals surface area contributed by atoms with Crippen LogP contribution in [0.5, 0.6) is 0 Å². The number of carboxylic acid groups (broad SMARTS) is 1. The van der Waals surface area contributed by atoms with Crippen molar-refractivity contribution in [1.29, 1.82) is 0 Å². The molecule has 1 unspecified atom stereocenters. The van der Waals surface area contributed by atoms with Gasteiger partial charge in [0.05, 0.1) is 11.5 Å². The van der Waals surface area contributed by atoms with Gasteiger partial charge < -0.3 is 14.9 Å². The van der Waals surface area contributed by atoms with Crippen molar-refractivity contribution < 1.29 is 14.7 Å². The van der Waals surface area contributed by atoms with E-state index in [4.69, 9.17) is 5.11 Å². The van der Waals surface area contributed by atoms with Gasteiger partial charge in [-0.1, -0.05) is 6.07 Å². The first-order valence-electron chi connectivity index (χ1n) is 7.37. The van der Waals surface area contributed by atoms with E-state index in [0.29, 0.717) is 12.1 Å². The highest BCUT2D eigenvalue weighted by atomic mass is 16.4. The highest BCUT2D eigenvalue weighted by Gasteiger charge is 2.31. The van der Waals surface area contributed by atoms with Crippen LogP contribution in [0.3, 0.4) is 0 Å². The Morgan fingerprint density at radius 3 is 2.71 bits per heavy atom. The van der Waals surface area contributed by atoms with Gasteiger partial charge in [-0.3, -0.25) is 4.79 Å². The minimum atomic E-state index is -0.918. The molecule has 1 atom stereocenters. The van der Waals surface area contributed by atoms with Crippen molar-refractivity contribution >= 4 is 11.9 Å². The van der Waals surface area contributed by atoms with Gasteiger partial charge in [-0.15, -0.1) is 0 Å². The zero-order chi connectivity index (χ0) is 15.0. The number of hydrogen-bond donors (Lipinski definition) is 1. The molecule has 0 bridgehead atoms. The van der Waals surface area contributed by atoms with Gasteiger partial charge in [0.1, 0.15) is 0 Å². The van der Waals surface area contributed by atoms with Crippen LogP contribution >= 0.6 is 0 Å². The van der Waals surface area contributed by atoms with Crippen molar-refractivity contribution in [3.8, 4) is 0 Å². The summed E-state index contributed by atoms with van der Waals surface area (Å²) in [5.74, 6) is -0.608. The van der Waals surface area contributed by atoms with Crippen molar-refractivity contribution in [1.82, 2.24) is 9.80 Å². The first kappa shape index (κ1) is 14.1. The smallest absolute Gasteiger partial charge is 0.335 e. The number of benzene rings is 1. The lowest BCUT2D eigenvalue weighted by Crippen LogP contribution is -2.40. The van der Waals surface area contributed by atoms with E-state index in [-0.39, 0.29) is 11.8 Å². The Bertz CT molecular complexity index is 585. The largest absolute Gasteiger partial charge is 0.478 e. The number of likely N-dealkylation sites (tertiary alicyclic amines) is 1. The SMILES string of the molecule is CN1CCC(C(=O)N2CCc3ccc(C(=O)O)cc3C2)C1. The van der Waals surface area contributed by atoms with Gasteiger partial charge in [0.15, 0.2) is 0 Å². The van der Waals surface area contributed by atoms with E-state index in [2.05, 4.69) is 4.90 Å². The van der Waals surface area contributed by atoms with E-state index in [1.54, 1.807) is 12.1 Å². The quantitative estimate of drug-likeness (QED) is 0.889. The van der Waals surface area contributed by atoms with E-state index < -0.39 is 5.97 Å². The number of carbonyl (C=O) groups is 2. The zero-order valence-corrected chi connectivity index (χ0v) is 12.2. The van der Waals surface area contributed by atoms with E-state index in [1.807, 2.05) is 18.0 Å². The molecule has 1 N–H and O–H groups in total. The summed E-state index contributed by atoms with van der Waals surface area (Å²) in [6, 6.07) is 5.23. The van der Waals surface area contributed by atoms with Gasteiger partial charge >= 0.3 is 5.97 Å². The van der Waals surface area contributed by atoms with Crippen molar-refractivity contribution in [2.45, 2.75) is 19.4 Å². The number of amides is 1. The van der Waals surface area contributed by atoms with Crippen LogP contribution in [0, 0.1) is 5.92 Å². The number of aromatic carboxylic acids is 1. The van der Waals surface area contributed by atoms with Gasteiger partial charge in [0.2, 0.25) is 5.91 Å². The third kappa shape index (κ3) is 2.78. The summed E-state index contributed by atoms with van der Waals surface area (Å²) in [6.45, 7) is 3.08. The molecular weight excluding hydrogens is 268 g/mol. The molecule has 0 saturated carbocycles. The van der Waals surface area contributed by atoms with Gasteiger partial charge in [0.25, 0.3) is 0 Å². The normalized spacial score (nSPS) is 22.1. The van der Waals surface area contributed by atoms with Crippen LogP contribution in [0.1, 0.15) is 27.9 Å². The van der Waals surface area contributed by atoms with Crippen LogP contribution in [0.2, 0.25) is 0 Å². The number of rotatable bonds is 2. The molecule has 5 heteroatoms. The molecule has 3 rings (SSSR count). The third-order valence-corrected chi connectivity index (χ3v) is 4.52. The topological polar surface area (TPSA) is 60.9 Å². The zero-order valence-electron chi connectivity index (χ0n) is 12.2. The number of carboxylic acids is 1. The first-order valence-corrected chi connectivity index (χ1v) is 7.37. The summed E-state index contributed by atoms with van der Waals surface area (Å²) in [7, 11) is 2.04. The second-order valence-electron chi connectivity index (χ2n) is 6.05. The van der Waals surface area contributed by atoms with Gasteiger partial charge in [0, 0.05) is 19.6 Å². The Balaban J connectivity index is 1.75. The lowest BCUT2D eigenvalue weighted by molar-refractivity contribution is -0.136. The van der Waals surface area contributed by atoms with Crippen LogP contribution in [-0.2, 0) is 17.8 Å². The van der Waals surface area contributed by atoms with E-state index in [0.717, 1.165) is 43.6 Å². The first-order chi connectivity index (χ1) is 10.0. The van der Waals surface area contributed by atoms with Crippen LogP contribution in [0.15, 0.2) is 18.2 Å². The van der Waals surface area contributed by atoms with Crippen molar-refractivity contribution in [3.05, 3.63) is 34.9 Å². The summed E-state index contributed by atoms with van der Waals surface area (Å²) in [6.07, 6.45) is 1.73. The molecule has 5 nitrogen and oxygen atoms in total. The molecule has 1 aromatic carbocycles. The predicted molar refractivity (Wildman–Crippen MR) is 78.1 cm³/mol. The Labute approximate surface area is 124 Å². The number of fused-ring (bicyclic) bond motifs is 1. The molecule has 1 amide bonds. The fraction of sp³-hybridized carbons (Fsp3) is 0.500. The maximum Gasteiger partial charge on any atom is 0.335 e. The van der Waals surface area contributed by atoms with E-state index in [9.17, 15) is 9.59 Å². The lowest BCUT2D eigenvalue weighted by atomic mass is 9.96. The average molecular weight is 288 g/mol. The monoisotopic (exact) mass is 288 g/mol. The minimum Gasteiger partial charge on any atom is -0.478 e. The minimum absolute atomic E-state index is 0.0965. The third-order valence-electron chi connectivity index (χ3n) is 4.52. The highest BCUT2D eigenvalue weighted by molar-refractivity contribution is 5.88. The molecule has 0 spiro atoms. The standard InChI is InChI=1S/C16H20N2O3/c1-17-6-4-13(9-17)15(19)18-7-5-11-2-3-12(16(20)21)8-14(11)10-18/h2-3,8,13H,4-7,9-10H2,1H3,(H,20,21). The second-order valence-corrected chi connectivity index (χ2v) is 6.05. The summed E-state index contributed by atoms with van der Waals surface area (Å²) in [5.41, 5.74) is 2.43. The van der Waals surface area contributed by atoms with Gasteiger partial charge in [-0.05, 0) is 49.7 Å². The number of carbonyl (C=O) groups excluding carboxylic acids is 1. The van der Waals surface area contributed by atoms with Crippen molar-refractivity contribution in [3.63, 3.8) is 0 Å². The molecule has 21 heavy (non-hydrogen) atoms. The highest BCUT2D eigenvalue weighted by Crippen LogP contribution is 2.24. The molecule has 0 radical (unpaired) electrons. The van der Waals surface area contributed by atoms with Gasteiger partial charge in [-0.2, -0.15) is 0 Å². The Morgan fingerprint density at radius 1 is 1.24 bits per heavy atom. The van der Waals surface area contributed by atoms with E-state index in [1.165, 1.54) is 0 Å². The van der Waals surface area contributed by atoms with Gasteiger partial charge in [-0.25, -0.2) is 4.79 Å². The second kappa shape index (κ2) is 5.48. The summed E-state index contributed by atoms with van der Waals surface area (Å²) in [5, 5.41) is 9.08. The Kier molecular flexibility index (Phi) is 3.68. The van der Waals surface area contributed by atoms with E-state index >= 15 is 0 Å². The molecule has 112 valence electrons. The molecule has 2 aliphatic rings. The Morgan fingerprint density at radius 2 is 2.05 bits per heavy atom. The predicted octanol–water partition coefficient (Wildman–Crippen LogP) is 1.22. The molecule has 0 aromatic heterocycles. The summed E-state index contributed by atoms with van der Waals surface area (Å²) >= 11 is 0. The van der Waals surface area contributed by atoms with Crippen LogP contribution in [0.25, 0.3) is 0 Å². The maximum atomic E-state index is 12.6. The fourth-order valence-corrected chi connectivity index (χ4v) is 3.27. The maximum absolute atomic E-state index is 12.6. The van der Waals surface area contributed by atoms with Crippen molar-refractivity contribution in [2.75, 3.05) is 26.7 Å². The van der Waals surface area contributed by atoms with Crippen molar-refractivity contribution in [2.24, 2.45) is 5.92 Å². The Hall–Kier alpha value is -1.88. The average Bonchev–Trinajstić information content (AvgIpc) is 2.91. The molecular formula is C16H20N2O3. The molecule has 1 saturated heterocycles. The fourth-order valence-electron chi connectivity index (χ4n) is 3.27. The summed E-state index contributed by atoms with van der Waals surface area (Å²) in [4.78, 5) is 27.7.